The molecule has 0 saturated heterocycles. The van der Waals surface area contributed by atoms with Crippen LogP contribution in [0, 0.1) is 0 Å². The van der Waals surface area contributed by atoms with E-state index in [1.807, 2.05) is 0 Å². The fourth-order valence-electron chi connectivity index (χ4n) is 1.92. The number of rotatable bonds is 10. The summed E-state index contributed by atoms with van der Waals surface area (Å²) in [4.78, 5) is 5.36. The molecule has 0 unspecified atom stereocenters. The summed E-state index contributed by atoms with van der Waals surface area (Å²) in [5, 5.41) is 6.31. The topological polar surface area (TPSA) is 39.7 Å². The molecule has 0 bridgehead atoms. The maximum atomic E-state index is 12.1. The molecule has 0 fully saturated rings. The second-order valence-electron chi connectivity index (χ2n) is 5.19. The van der Waals surface area contributed by atoms with Crippen LogP contribution >= 0.6 is 0 Å². The summed E-state index contributed by atoms with van der Waals surface area (Å²) >= 11 is 0. The summed E-state index contributed by atoms with van der Waals surface area (Å²) in [5.41, 5.74) is 0. The van der Waals surface area contributed by atoms with Gasteiger partial charge in [-0.25, -0.2) is 0 Å². The van der Waals surface area contributed by atoms with Crippen LogP contribution in [0.25, 0.3) is 0 Å². The van der Waals surface area contributed by atoms with Crippen LogP contribution in [-0.2, 0) is 0 Å². The average molecular weight is 310 g/mol. The zero-order chi connectivity index (χ0) is 16.1. The van der Waals surface area contributed by atoms with Crippen LogP contribution in [0.2, 0.25) is 0 Å². The van der Waals surface area contributed by atoms with Crippen molar-refractivity contribution in [2.24, 2.45) is 4.99 Å². The van der Waals surface area contributed by atoms with Crippen molar-refractivity contribution in [3.05, 3.63) is 0 Å². The molecule has 0 radical (unpaired) electrons. The molecule has 0 atom stereocenters. The highest BCUT2D eigenvalue weighted by molar-refractivity contribution is 5.79. The van der Waals surface area contributed by atoms with Gasteiger partial charge in [-0.1, -0.05) is 26.2 Å². The van der Waals surface area contributed by atoms with E-state index in [9.17, 15) is 13.2 Å². The number of guanidine groups is 1. The molecule has 0 aromatic carbocycles. The van der Waals surface area contributed by atoms with Gasteiger partial charge in [0.25, 0.3) is 0 Å². The van der Waals surface area contributed by atoms with Crippen molar-refractivity contribution in [1.29, 1.82) is 0 Å². The second-order valence-corrected chi connectivity index (χ2v) is 5.19. The first-order valence-electron chi connectivity index (χ1n) is 7.59. The quantitative estimate of drug-likeness (QED) is 0.370. The minimum atomic E-state index is -4.13. The predicted molar refractivity (Wildman–Crippen MR) is 81.7 cm³/mol. The van der Waals surface area contributed by atoms with Crippen molar-refractivity contribution in [3.8, 4) is 0 Å². The average Bonchev–Trinajstić information content (AvgIpc) is 2.39. The minimum absolute atomic E-state index is 0.403. The maximum absolute atomic E-state index is 12.1. The summed E-state index contributed by atoms with van der Waals surface area (Å²) in [6.45, 7) is 3.19. The van der Waals surface area contributed by atoms with Crippen molar-refractivity contribution >= 4 is 5.96 Å². The fraction of sp³-hybridized carbons (Fsp3) is 0.929. The molecule has 0 rings (SSSR count). The SMILES string of the molecule is CCCCCCNC(=NC)NCCCN(C)CC(F)(F)F. The molecule has 0 spiro atoms. The highest BCUT2D eigenvalue weighted by Crippen LogP contribution is 2.15. The van der Waals surface area contributed by atoms with Crippen LogP contribution < -0.4 is 10.6 Å². The van der Waals surface area contributed by atoms with Gasteiger partial charge in [0.1, 0.15) is 0 Å². The zero-order valence-electron chi connectivity index (χ0n) is 13.4. The third-order valence-electron chi connectivity index (χ3n) is 3.00. The van der Waals surface area contributed by atoms with E-state index in [1.165, 1.54) is 31.2 Å². The van der Waals surface area contributed by atoms with E-state index < -0.39 is 12.7 Å². The molecule has 0 aliphatic carbocycles. The van der Waals surface area contributed by atoms with Crippen molar-refractivity contribution in [1.82, 2.24) is 15.5 Å². The molecule has 0 saturated carbocycles. The van der Waals surface area contributed by atoms with Gasteiger partial charge in [0.15, 0.2) is 5.96 Å². The molecular weight excluding hydrogens is 281 g/mol. The smallest absolute Gasteiger partial charge is 0.356 e. The van der Waals surface area contributed by atoms with Crippen LogP contribution in [0.15, 0.2) is 4.99 Å². The van der Waals surface area contributed by atoms with Crippen LogP contribution in [0.3, 0.4) is 0 Å². The number of halogens is 3. The number of nitrogens with zero attached hydrogens (tertiary/aromatic N) is 2. The van der Waals surface area contributed by atoms with Crippen molar-refractivity contribution in [2.75, 3.05) is 40.3 Å². The van der Waals surface area contributed by atoms with E-state index in [-0.39, 0.29) is 0 Å². The summed E-state index contributed by atoms with van der Waals surface area (Å²) < 4.78 is 36.4. The molecule has 0 aromatic heterocycles. The minimum Gasteiger partial charge on any atom is -0.356 e. The van der Waals surface area contributed by atoms with Gasteiger partial charge in [-0.05, 0) is 26.4 Å². The van der Waals surface area contributed by atoms with Gasteiger partial charge in [-0.15, -0.1) is 0 Å². The Kier molecular flexibility index (Phi) is 11.1. The molecule has 0 heterocycles. The molecule has 0 aliphatic heterocycles. The van der Waals surface area contributed by atoms with Gasteiger partial charge < -0.3 is 10.6 Å². The lowest BCUT2D eigenvalue weighted by atomic mass is 10.2. The number of alkyl halides is 3. The lowest BCUT2D eigenvalue weighted by Gasteiger charge is -2.18. The van der Waals surface area contributed by atoms with E-state index in [4.69, 9.17) is 0 Å². The molecule has 7 heteroatoms. The lowest BCUT2D eigenvalue weighted by molar-refractivity contribution is -0.143. The first kappa shape index (κ1) is 20.0. The van der Waals surface area contributed by atoms with Crippen LogP contribution in [0.4, 0.5) is 13.2 Å². The molecule has 21 heavy (non-hydrogen) atoms. The molecule has 0 aliphatic rings. The van der Waals surface area contributed by atoms with E-state index in [0.29, 0.717) is 25.5 Å². The predicted octanol–water partition coefficient (Wildman–Crippen LogP) is 2.62. The van der Waals surface area contributed by atoms with Crippen molar-refractivity contribution in [3.63, 3.8) is 0 Å². The molecule has 4 nitrogen and oxygen atoms in total. The standard InChI is InChI=1S/C14H29F3N4/c1-4-5-6-7-9-19-13(18-2)20-10-8-11-21(3)12-14(15,16)17/h4-12H2,1-3H3,(H2,18,19,20). The summed E-state index contributed by atoms with van der Waals surface area (Å²) in [7, 11) is 3.17. The van der Waals surface area contributed by atoms with Gasteiger partial charge in [0.05, 0.1) is 6.54 Å². The van der Waals surface area contributed by atoms with E-state index >= 15 is 0 Å². The highest BCUT2D eigenvalue weighted by atomic mass is 19.4. The van der Waals surface area contributed by atoms with E-state index in [2.05, 4.69) is 22.5 Å². The van der Waals surface area contributed by atoms with Crippen LogP contribution in [0.5, 0.6) is 0 Å². The first-order valence-corrected chi connectivity index (χ1v) is 7.59. The molecule has 0 aromatic rings. The number of unbranched alkanes of at least 4 members (excludes halogenated alkanes) is 3. The molecule has 126 valence electrons. The second kappa shape index (κ2) is 11.7. The molecular formula is C14H29F3N4. The van der Waals surface area contributed by atoms with Crippen molar-refractivity contribution in [2.45, 2.75) is 45.2 Å². The maximum Gasteiger partial charge on any atom is 0.401 e. The Morgan fingerprint density at radius 3 is 2.19 bits per heavy atom. The van der Waals surface area contributed by atoms with Crippen LogP contribution in [-0.4, -0.2) is 57.3 Å². The van der Waals surface area contributed by atoms with Gasteiger partial charge in [-0.2, -0.15) is 13.2 Å². The lowest BCUT2D eigenvalue weighted by Crippen LogP contribution is -2.39. The molecule has 0 amide bonds. The summed E-state index contributed by atoms with van der Waals surface area (Å²) in [6.07, 6.45) is 1.25. The van der Waals surface area contributed by atoms with E-state index in [0.717, 1.165) is 13.0 Å². The number of nitrogens with one attached hydrogen (secondary N) is 2. The van der Waals surface area contributed by atoms with E-state index in [1.54, 1.807) is 7.05 Å². The highest BCUT2D eigenvalue weighted by Gasteiger charge is 2.28. The Labute approximate surface area is 126 Å². The Bertz CT molecular complexity index is 280. The Morgan fingerprint density at radius 2 is 1.67 bits per heavy atom. The monoisotopic (exact) mass is 310 g/mol. The zero-order valence-corrected chi connectivity index (χ0v) is 13.4. The van der Waals surface area contributed by atoms with Gasteiger partial charge in [-0.3, -0.25) is 9.89 Å². The largest absolute Gasteiger partial charge is 0.401 e. The first-order chi connectivity index (χ1) is 9.89. The fourth-order valence-corrected chi connectivity index (χ4v) is 1.92. The Hall–Kier alpha value is -0.980. The third kappa shape index (κ3) is 13.7. The molecule has 2 N–H and O–H groups in total. The third-order valence-corrected chi connectivity index (χ3v) is 3.00. The van der Waals surface area contributed by atoms with Gasteiger partial charge in [0.2, 0.25) is 0 Å². The summed E-state index contributed by atoms with van der Waals surface area (Å²) in [5.74, 6) is 0.713. The Morgan fingerprint density at radius 1 is 1.05 bits per heavy atom. The Balaban J connectivity index is 3.64. The van der Waals surface area contributed by atoms with Gasteiger partial charge in [0, 0.05) is 20.1 Å². The number of hydrogen-bond acceptors (Lipinski definition) is 2. The normalized spacial score (nSPS) is 12.8. The van der Waals surface area contributed by atoms with Crippen LogP contribution in [0.1, 0.15) is 39.0 Å². The summed E-state index contributed by atoms with van der Waals surface area (Å²) in [6, 6.07) is 0. The number of aliphatic imine (C=N–C) groups is 1. The number of hydrogen-bond donors (Lipinski definition) is 2. The van der Waals surface area contributed by atoms with Gasteiger partial charge >= 0.3 is 6.18 Å². The van der Waals surface area contributed by atoms with Crippen molar-refractivity contribution < 1.29 is 13.2 Å².